The summed E-state index contributed by atoms with van der Waals surface area (Å²) in [4.78, 5) is 19.0. The zero-order chi connectivity index (χ0) is 22.5. The molecule has 3 aromatic rings. The van der Waals surface area contributed by atoms with E-state index in [2.05, 4.69) is 15.2 Å². The summed E-state index contributed by atoms with van der Waals surface area (Å²) >= 11 is 6.35. The molecule has 2 aromatic carbocycles. The molecule has 1 aliphatic heterocycles. The molecule has 1 unspecified atom stereocenters. The van der Waals surface area contributed by atoms with Crippen molar-refractivity contribution in [2.24, 2.45) is 0 Å². The van der Waals surface area contributed by atoms with Gasteiger partial charge in [0.1, 0.15) is 17.3 Å². The molecule has 0 bridgehead atoms. The minimum Gasteiger partial charge on any atom is -0.497 e. The summed E-state index contributed by atoms with van der Waals surface area (Å²) in [7, 11) is 1.61. The lowest BCUT2D eigenvalue weighted by molar-refractivity contribution is 0.0529. The van der Waals surface area contributed by atoms with E-state index >= 15 is 0 Å². The Balaban J connectivity index is 1.40. The van der Waals surface area contributed by atoms with Gasteiger partial charge in [-0.15, -0.1) is 0 Å². The van der Waals surface area contributed by atoms with Crippen LogP contribution in [0.1, 0.15) is 6.92 Å². The van der Waals surface area contributed by atoms with Gasteiger partial charge in [-0.3, -0.25) is 5.32 Å². The van der Waals surface area contributed by atoms with Crippen molar-refractivity contribution in [3.63, 3.8) is 0 Å². The third-order valence-electron chi connectivity index (χ3n) is 5.11. The maximum Gasteiger partial charge on any atom is 0.417 e. The molecule has 8 heteroatoms. The van der Waals surface area contributed by atoms with E-state index in [1.165, 1.54) is 0 Å². The van der Waals surface area contributed by atoms with Crippen molar-refractivity contribution in [2.75, 3.05) is 37.0 Å². The predicted molar refractivity (Wildman–Crippen MR) is 125 cm³/mol. The highest BCUT2D eigenvalue weighted by atomic mass is 35.5. The van der Waals surface area contributed by atoms with Crippen LogP contribution in [0.15, 0.2) is 60.8 Å². The Morgan fingerprint density at radius 1 is 1.16 bits per heavy atom. The van der Waals surface area contributed by atoms with Crippen molar-refractivity contribution in [3.05, 3.63) is 65.8 Å². The number of amides is 1. The molecule has 32 heavy (non-hydrogen) atoms. The maximum atomic E-state index is 12.4. The SMILES string of the molecule is COc1ccc(-c2cc(OC(=O)Nc3ccc(N4CCOC(C)C4)nc3)ccc2Cl)cc1. The summed E-state index contributed by atoms with van der Waals surface area (Å²) in [6.45, 7) is 4.29. The molecule has 0 saturated carbocycles. The number of halogens is 1. The molecule has 0 spiro atoms. The molecule has 1 saturated heterocycles. The Hall–Kier alpha value is -3.29. The lowest BCUT2D eigenvalue weighted by atomic mass is 10.1. The number of aromatic nitrogens is 1. The Morgan fingerprint density at radius 2 is 1.94 bits per heavy atom. The zero-order valence-electron chi connectivity index (χ0n) is 17.9. The first-order valence-electron chi connectivity index (χ1n) is 10.3. The first kappa shape index (κ1) is 21.9. The van der Waals surface area contributed by atoms with Crippen LogP contribution in [0.4, 0.5) is 16.3 Å². The number of nitrogens with zero attached hydrogens (tertiary/aromatic N) is 2. The standard InChI is InChI=1S/C24H24ClN3O4/c1-16-15-28(11-12-31-16)23-10-5-18(14-26-23)27-24(29)32-20-8-9-22(25)21(13-20)17-3-6-19(30-2)7-4-17/h3-10,13-14,16H,11-12,15H2,1-2H3,(H,27,29). The lowest BCUT2D eigenvalue weighted by Crippen LogP contribution is -2.41. The van der Waals surface area contributed by atoms with Crippen LogP contribution < -0.4 is 19.7 Å². The molecule has 1 aliphatic rings. The molecule has 0 radical (unpaired) electrons. The fourth-order valence-electron chi connectivity index (χ4n) is 3.48. The number of pyridine rings is 1. The highest BCUT2D eigenvalue weighted by Gasteiger charge is 2.18. The Bertz CT molecular complexity index is 1070. The van der Waals surface area contributed by atoms with E-state index in [0.29, 0.717) is 23.1 Å². The normalized spacial score (nSPS) is 15.8. The average Bonchev–Trinajstić information content (AvgIpc) is 2.81. The van der Waals surface area contributed by atoms with E-state index in [4.69, 9.17) is 25.8 Å². The molecule has 1 amide bonds. The van der Waals surface area contributed by atoms with Crippen LogP contribution >= 0.6 is 11.6 Å². The summed E-state index contributed by atoms with van der Waals surface area (Å²) in [6, 6.07) is 16.2. The summed E-state index contributed by atoms with van der Waals surface area (Å²) < 4.78 is 16.2. The van der Waals surface area contributed by atoms with Crippen molar-refractivity contribution in [1.82, 2.24) is 4.98 Å². The van der Waals surface area contributed by atoms with E-state index in [9.17, 15) is 4.79 Å². The predicted octanol–water partition coefficient (Wildman–Crippen LogP) is 5.25. The number of morpholine rings is 1. The van der Waals surface area contributed by atoms with Gasteiger partial charge in [-0.05, 0) is 55.0 Å². The van der Waals surface area contributed by atoms with Gasteiger partial charge < -0.3 is 19.1 Å². The topological polar surface area (TPSA) is 72.9 Å². The van der Waals surface area contributed by atoms with E-state index in [-0.39, 0.29) is 6.10 Å². The molecular formula is C24H24ClN3O4. The maximum absolute atomic E-state index is 12.4. The van der Waals surface area contributed by atoms with Gasteiger partial charge in [0.15, 0.2) is 0 Å². The Morgan fingerprint density at radius 3 is 2.62 bits per heavy atom. The van der Waals surface area contributed by atoms with Gasteiger partial charge in [-0.1, -0.05) is 23.7 Å². The second kappa shape index (κ2) is 9.89. The highest BCUT2D eigenvalue weighted by Crippen LogP contribution is 2.32. The first-order valence-corrected chi connectivity index (χ1v) is 10.6. The fourth-order valence-corrected chi connectivity index (χ4v) is 3.71. The number of carbonyl (C=O) groups is 1. The second-order valence-corrected chi connectivity index (χ2v) is 7.82. The summed E-state index contributed by atoms with van der Waals surface area (Å²) in [5, 5.41) is 3.26. The highest BCUT2D eigenvalue weighted by molar-refractivity contribution is 6.33. The quantitative estimate of drug-likeness (QED) is 0.569. The molecule has 1 N–H and O–H groups in total. The summed E-state index contributed by atoms with van der Waals surface area (Å²) in [5.41, 5.74) is 2.19. The largest absolute Gasteiger partial charge is 0.497 e. The third-order valence-corrected chi connectivity index (χ3v) is 5.44. The minimum atomic E-state index is -0.609. The monoisotopic (exact) mass is 453 g/mol. The van der Waals surface area contributed by atoms with E-state index in [0.717, 1.165) is 35.8 Å². The lowest BCUT2D eigenvalue weighted by Gasteiger charge is -2.32. The molecule has 1 fully saturated rings. The van der Waals surface area contributed by atoms with Gasteiger partial charge in [0.2, 0.25) is 0 Å². The number of benzene rings is 2. The number of hydrogen-bond acceptors (Lipinski definition) is 6. The number of ether oxygens (including phenoxy) is 3. The molecule has 4 rings (SSSR count). The van der Waals surface area contributed by atoms with Crippen molar-refractivity contribution < 1.29 is 19.0 Å². The average molecular weight is 454 g/mol. The van der Waals surface area contributed by atoms with Crippen molar-refractivity contribution in [2.45, 2.75) is 13.0 Å². The Labute approximate surface area is 191 Å². The van der Waals surface area contributed by atoms with E-state index in [1.807, 2.05) is 37.3 Å². The van der Waals surface area contributed by atoms with Crippen LogP contribution in [0, 0.1) is 0 Å². The summed E-state index contributed by atoms with van der Waals surface area (Å²) in [5.74, 6) is 1.98. The van der Waals surface area contributed by atoms with Gasteiger partial charge in [-0.25, -0.2) is 9.78 Å². The number of anilines is 2. The van der Waals surface area contributed by atoms with Crippen LogP contribution in [0.25, 0.3) is 11.1 Å². The first-order chi connectivity index (χ1) is 15.5. The minimum absolute atomic E-state index is 0.167. The number of hydrogen-bond donors (Lipinski definition) is 1. The molecule has 1 atom stereocenters. The number of nitrogens with one attached hydrogen (secondary N) is 1. The van der Waals surface area contributed by atoms with Crippen LogP contribution in [0.3, 0.4) is 0 Å². The molecular weight excluding hydrogens is 430 g/mol. The second-order valence-electron chi connectivity index (χ2n) is 7.42. The smallest absolute Gasteiger partial charge is 0.417 e. The van der Waals surface area contributed by atoms with Crippen LogP contribution in [-0.4, -0.2) is 44.0 Å². The molecule has 7 nitrogen and oxygen atoms in total. The van der Waals surface area contributed by atoms with Crippen molar-refractivity contribution in [3.8, 4) is 22.6 Å². The van der Waals surface area contributed by atoms with E-state index < -0.39 is 6.09 Å². The van der Waals surface area contributed by atoms with Gasteiger partial charge in [-0.2, -0.15) is 0 Å². The van der Waals surface area contributed by atoms with Gasteiger partial charge >= 0.3 is 6.09 Å². The van der Waals surface area contributed by atoms with Crippen LogP contribution in [-0.2, 0) is 4.74 Å². The number of carbonyl (C=O) groups excluding carboxylic acids is 1. The molecule has 0 aliphatic carbocycles. The zero-order valence-corrected chi connectivity index (χ0v) is 18.6. The van der Waals surface area contributed by atoms with Crippen LogP contribution in [0.5, 0.6) is 11.5 Å². The van der Waals surface area contributed by atoms with Gasteiger partial charge in [0.25, 0.3) is 0 Å². The van der Waals surface area contributed by atoms with Gasteiger partial charge in [0.05, 0.1) is 31.7 Å². The van der Waals surface area contributed by atoms with Crippen LogP contribution in [0.2, 0.25) is 5.02 Å². The Kier molecular flexibility index (Phi) is 6.78. The van der Waals surface area contributed by atoms with E-state index in [1.54, 1.807) is 37.6 Å². The summed E-state index contributed by atoms with van der Waals surface area (Å²) in [6.07, 6.45) is 1.17. The third kappa shape index (κ3) is 5.30. The van der Waals surface area contributed by atoms with Crippen molar-refractivity contribution >= 4 is 29.2 Å². The van der Waals surface area contributed by atoms with Crippen molar-refractivity contribution in [1.29, 1.82) is 0 Å². The fraction of sp³-hybridized carbons (Fsp3) is 0.250. The number of methoxy groups -OCH3 is 1. The molecule has 1 aromatic heterocycles. The number of rotatable bonds is 5. The molecule has 2 heterocycles. The van der Waals surface area contributed by atoms with Gasteiger partial charge in [0, 0.05) is 23.7 Å². The molecule has 166 valence electrons.